The van der Waals surface area contributed by atoms with Crippen molar-refractivity contribution in [2.75, 3.05) is 11.4 Å². The Morgan fingerprint density at radius 1 is 1.45 bits per heavy atom. The average molecular weight is 350 g/mol. The molecule has 0 bridgehead atoms. The average Bonchev–Trinajstić information content (AvgIpc) is 2.72. The minimum atomic E-state index is -4.75. The molecule has 1 unspecified atom stereocenters. The van der Waals surface area contributed by atoms with E-state index in [2.05, 4.69) is 27.2 Å². The fourth-order valence-corrected chi connectivity index (χ4v) is 2.46. The summed E-state index contributed by atoms with van der Waals surface area (Å²) in [6, 6.07) is 4.04. The SMILES string of the molecule is C=CC1CC(=O)N(c2ccc(OC(F)(F)F)c(Br)c2)C1. The van der Waals surface area contributed by atoms with Crippen molar-refractivity contribution in [2.24, 2.45) is 5.92 Å². The molecule has 1 aliphatic heterocycles. The highest BCUT2D eigenvalue weighted by Crippen LogP contribution is 2.35. The Hall–Kier alpha value is -1.50. The Morgan fingerprint density at radius 3 is 2.65 bits per heavy atom. The summed E-state index contributed by atoms with van der Waals surface area (Å²) in [6.45, 7) is 4.12. The summed E-state index contributed by atoms with van der Waals surface area (Å²) in [5.74, 6) is -0.355. The second kappa shape index (κ2) is 5.47. The van der Waals surface area contributed by atoms with Crippen molar-refractivity contribution in [3.05, 3.63) is 35.3 Å². The van der Waals surface area contributed by atoms with E-state index in [1.165, 1.54) is 23.1 Å². The van der Waals surface area contributed by atoms with Crippen LogP contribution < -0.4 is 9.64 Å². The summed E-state index contributed by atoms with van der Waals surface area (Å²) >= 11 is 3.02. The number of rotatable bonds is 3. The molecule has 1 aromatic carbocycles. The number of halogens is 4. The normalized spacial score (nSPS) is 19.3. The number of anilines is 1. The van der Waals surface area contributed by atoms with Crippen molar-refractivity contribution in [3.8, 4) is 5.75 Å². The van der Waals surface area contributed by atoms with Crippen LogP contribution in [-0.2, 0) is 4.79 Å². The van der Waals surface area contributed by atoms with Gasteiger partial charge in [0.25, 0.3) is 0 Å². The number of alkyl halides is 3. The minimum absolute atomic E-state index is 0.0624. The molecular weight excluding hydrogens is 339 g/mol. The van der Waals surface area contributed by atoms with Gasteiger partial charge in [-0.1, -0.05) is 6.08 Å². The van der Waals surface area contributed by atoms with Gasteiger partial charge in [0.2, 0.25) is 5.91 Å². The van der Waals surface area contributed by atoms with E-state index in [9.17, 15) is 18.0 Å². The van der Waals surface area contributed by atoms with Gasteiger partial charge in [-0.05, 0) is 34.1 Å². The van der Waals surface area contributed by atoms with E-state index >= 15 is 0 Å². The standard InChI is InChI=1S/C13H11BrF3NO2/c1-2-8-5-12(19)18(7-8)9-3-4-11(10(14)6-9)20-13(15,16)17/h2-4,6,8H,1,5,7H2. The van der Waals surface area contributed by atoms with E-state index in [-0.39, 0.29) is 22.0 Å². The van der Waals surface area contributed by atoms with Crippen LogP contribution in [-0.4, -0.2) is 18.8 Å². The first-order valence-electron chi connectivity index (χ1n) is 5.78. The molecular formula is C13H11BrF3NO2. The molecule has 1 saturated heterocycles. The fraction of sp³-hybridized carbons (Fsp3) is 0.308. The van der Waals surface area contributed by atoms with Crippen LogP contribution in [0.25, 0.3) is 0 Å². The molecule has 20 heavy (non-hydrogen) atoms. The number of amides is 1. The lowest BCUT2D eigenvalue weighted by Crippen LogP contribution is -2.24. The van der Waals surface area contributed by atoms with E-state index < -0.39 is 6.36 Å². The summed E-state index contributed by atoms with van der Waals surface area (Å²) in [7, 11) is 0. The summed E-state index contributed by atoms with van der Waals surface area (Å²) in [5, 5.41) is 0. The van der Waals surface area contributed by atoms with Crippen LogP contribution in [0.3, 0.4) is 0 Å². The zero-order chi connectivity index (χ0) is 14.9. The molecule has 1 aromatic rings. The lowest BCUT2D eigenvalue weighted by Gasteiger charge is -2.18. The molecule has 3 nitrogen and oxygen atoms in total. The first-order chi connectivity index (χ1) is 9.30. The van der Waals surface area contributed by atoms with Gasteiger partial charge >= 0.3 is 6.36 Å². The number of nitrogens with zero attached hydrogens (tertiary/aromatic N) is 1. The van der Waals surface area contributed by atoms with E-state index in [0.29, 0.717) is 18.7 Å². The maximum absolute atomic E-state index is 12.2. The van der Waals surface area contributed by atoms with Crippen LogP contribution in [0.4, 0.5) is 18.9 Å². The second-order valence-corrected chi connectivity index (χ2v) is 5.22. The summed E-state index contributed by atoms with van der Waals surface area (Å²) in [6.07, 6.45) is -2.68. The highest BCUT2D eigenvalue weighted by Gasteiger charge is 2.33. The van der Waals surface area contributed by atoms with Crippen LogP contribution >= 0.6 is 15.9 Å². The highest BCUT2D eigenvalue weighted by atomic mass is 79.9. The smallest absolute Gasteiger partial charge is 0.405 e. The first-order valence-corrected chi connectivity index (χ1v) is 6.57. The molecule has 7 heteroatoms. The topological polar surface area (TPSA) is 29.5 Å². The van der Waals surface area contributed by atoms with E-state index in [1.54, 1.807) is 6.08 Å². The number of hydrogen-bond donors (Lipinski definition) is 0. The molecule has 0 spiro atoms. The molecule has 1 fully saturated rings. The van der Waals surface area contributed by atoms with E-state index in [1.807, 2.05) is 0 Å². The molecule has 1 aliphatic rings. The van der Waals surface area contributed by atoms with Gasteiger partial charge in [-0.3, -0.25) is 4.79 Å². The van der Waals surface area contributed by atoms with Crippen LogP contribution in [0.15, 0.2) is 35.3 Å². The number of carbonyl (C=O) groups is 1. The molecule has 1 amide bonds. The lowest BCUT2D eigenvalue weighted by atomic mass is 10.1. The van der Waals surface area contributed by atoms with Crippen LogP contribution in [0.5, 0.6) is 5.75 Å². The predicted octanol–water partition coefficient (Wildman–Crippen LogP) is 3.89. The fourth-order valence-electron chi connectivity index (χ4n) is 2.01. The van der Waals surface area contributed by atoms with Crippen LogP contribution in [0.1, 0.15) is 6.42 Å². The van der Waals surface area contributed by atoms with Crippen LogP contribution in [0.2, 0.25) is 0 Å². The number of benzene rings is 1. The first kappa shape index (κ1) is 14.9. The van der Waals surface area contributed by atoms with Gasteiger partial charge in [0.05, 0.1) is 4.47 Å². The zero-order valence-corrected chi connectivity index (χ0v) is 11.9. The Bertz CT molecular complexity index is 545. The van der Waals surface area contributed by atoms with E-state index in [0.717, 1.165) is 0 Å². The molecule has 1 heterocycles. The summed E-state index contributed by atoms with van der Waals surface area (Å²) in [4.78, 5) is 13.3. The Kier molecular flexibility index (Phi) is 4.08. The molecule has 0 aliphatic carbocycles. The van der Waals surface area contributed by atoms with Crippen molar-refractivity contribution < 1.29 is 22.7 Å². The third-order valence-corrected chi connectivity index (χ3v) is 3.56. The highest BCUT2D eigenvalue weighted by molar-refractivity contribution is 9.10. The maximum Gasteiger partial charge on any atom is 0.573 e. The molecule has 0 radical (unpaired) electrons. The number of carbonyl (C=O) groups excluding carboxylic acids is 1. The summed E-state index contributed by atoms with van der Waals surface area (Å²) < 4.78 is 40.5. The summed E-state index contributed by atoms with van der Waals surface area (Å²) in [5.41, 5.74) is 0.528. The Labute approximate surface area is 122 Å². The number of ether oxygens (including phenoxy) is 1. The third-order valence-electron chi connectivity index (χ3n) is 2.94. The second-order valence-electron chi connectivity index (χ2n) is 4.37. The van der Waals surface area contributed by atoms with Gasteiger partial charge < -0.3 is 9.64 Å². The minimum Gasteiger partial charge on any atom is -0.405 e. The quantitative estimate of drug-likeness (QED) is 0.775. The maximum atomic E-state index is 12.2. The molecule has 0 aromatic heterocycles. The van der Waals surface area contributed by atoms with Crippen molar-refractivity contribution >= 4 is 27.5 Å². The Morgan fingerprint density at radius 2 is 2.15 bits per heavy atom. The largest absolute Gasteiger partial charge is 0.573 e. The zero-order valence-electron chi connectivity index (χ0n) is 10.3. The van der Waals surface area contributed by atoms with Crippen molar-refractivity contribution in [3.63, 3.8) is 0 Å². The van der Waals surface area contributed by atoms with Crippen molar-refractivity contribution in [2.45, 2.75) is 12.8 Å². The van der Waals surface area contributed by atoms with Gasteiger partial charge in [0.1, 0.15) is 5.75 Å². The predicted molar refractivity (Wildman–Crippen MR) is 71.5 cm³/mol. The third kappa shape index (κ3) is 3.33. The van der Waals surface area contributed by atoms with Crippen molar-refractivity contribution in [1.29, 1.82) is 0 Å². The molecule has 0 N–H and O–H groups in total. The molecule has 0 saturated carbocycles. The van der Waals surface area contributed by atoms with Crippen LogP contribution in [0, 0.1) is 5.92 Å². The molecule has 1 atom stereocenters. The van der Waals surface area contributed by atoms with Gasteiger partial charge in [0, 0.05) is 24.6 Å². The molecule has 108 valence electrons. The molecule has 2 rings (SSSR count). The van der Waals surface area contributed by atoms with Gasteiger partial charge in [-0.15, -0.1) is 19.8 Å². The monoisotopic (exact) mass is 349 g/mol. The van der Waals surface area contributed by atoms with Gasteiger partial charge in [-0.25, -0.2) is 0 Å². The Balaban J connectivity index is 2.21. The number of hydrogen-bond acceptors (Lipinski definition) is 2. The van der Waals surface area contributed by atoms with Crippen molar-refractivity contribution in [1.82, 2.24) is 0 Å². The van der Waals surface area contributed by atoms with Gasteiger partial charge in [0.15, 0.2) is 0 Å². The van der Waals surface area contributed by atoms with E-state index in [4.69, 9.17) is 0 Å². The van der Waals surface area contributed by atoms with Gasteiger partial charge in [-0.2, -0.15) is 0 Å². The lowest BCUT2D eigenvalue weighted by molar-refractivity contribution is -0.274.